The van der Waals surface area contributed by atoms with Crippen molar-refractivity contribution in [2.75, 3.05) is 13.1 Å². The minimum atomic E-state index is -4.40. The fraction of sp³-hybridized carbons (Fsp3) is 0.750. The fourth-order valence-corrected chi connectivity index (χ4v) is 6.93. The van der Waals surface area contributed by atoms with Crippen LogP contribution in [0, 0.1) is 11.8 Å². The molecule has 0 bridgehead atoms. The van der Waals surface area contributed by atoms with Gasteiger partial charge in [0, 0.05) is 25.1 Å². The largest absolute Gasteiger partial charge is 0.550 e. The number of nitrogens with zero attached hydrogens (tertiary/aromatic N) is 1. The van der Waals surface area contributed by atoms with Gasteiger partial charge in [-0.15, -0.1) is 0 Å². The van der Waals surface area contributed by atoms with Gasteiger partial charge in [0.15, 0.2) is 0 Å². The molecular formula is C28H42F4N2O2. The number of aliphatic carboxylic acids is 1. The van der Waals surface area contributed by atoms with E-state index < -0.39 is 23.4 Å². The molecule has 3 fully saturated rings. The maximum absolute atomic E-state index is 16.0. The lowest BCUT2D eigenvalue weighted by atomic mass is 9.72. The minimum Gasteiger partial charge on any atom is -0.550 e. The van der Waals surface area contributed by atoms with Crippen LogP contribution in [0.25, 0.3) is 0 Å². The van der Waals surface area contributed by atoms with Crippen LogP contribution in [0.1, 0.15) is 101 Å². The summed E-state index contributed by atoms with van der Waals surface area (Å²) < 4.78 is 55.5. The number of hydrogen-bond acceptors (Lipinski definition) is 3. The highest BCUT2D eigenvalue weighted by molar-refractivity contribution is 5.64. The van der Waals surface area contributed by atoms with Gasteiger partial charge in [0.05, 0.1) is 5.56 Å². The molecule has 1 aromatic rings. The van der Waals surface area contributed by atoms with Crippen LogP contribution >= 0.6 is 0 Å². The van der Waals surface area contributed by atoms with E-state index in [0.29, 0.717) is 31.7 Å². The van der Waals surface area contributed by atoms with Gasteiger partial charge in [0.25, 0.3) is 0 Å². The fourth-order valence-electron chi connectivity index (χ4n) is 6.93. The van der Waals surface area contributed by atoms with Gasteiger partial charge < -0.3 is 16.1 Å². The van der Waals surface area contributed by atoms with Crippen molar-refractivity contribution < 1.29 is 27.5 Å². The van der Waals surface area contributed by atoms with E-state index in [4.69, 9.17) is 0 Å². The number of halogens is 4. The summed E-state index contributed by atoms with van der Waals surface area (Å²) in [5.41, 5.74) is -1.12. The molecule has 204 valence electrons. The molecule has 3 atom stereocenters. The highest BCUT2D eigenvalue weighted by Gasteiger charge is 2.41. The van der Waals surface area contributed by atoms with Gasteiger partial charge in [0.1, 0.15) is 5.67 Å². The number of benzene rings is 1. The van der Waals surface area contributed by atoms with E-state index in [9.17, 15) is 23.1 Å². The number of carboxylic acids is 1. The molecular weight excluding hydrogens is 472 g/mol. The zero-order valence-electron chi connectivity index (χ0n) is 21.5. The number of carbonyl (C=O) groups is 1. The summed E-state index contributed by atoms with van der Waals surface area (Å²) in [6.07, 6.45) is 6.24. The Labute approximate surface area is 212 Å². The standard InChI is InChI=1S/C28H39F4NO2.H3N/c29-27(14-4-1-5-15-27)19-33(18-20-6-2-3-7-20)25-13-8-21(17-26(34)35)16-24(25)22-9-11-23(12-10-22)28(30,31)32;/h9-12,20-21,24-25H,1-8,13-19H2,(H,34,35);1H3/t21-,24+,25-;/m1./s1. The molecule has 0 aliphatic heterocycles. The van der Waals surface area contributed by atoms with Gasteiger partial charge in [0.2, 0.25) is 0 Å². The van der Waals surface area contributed by atoms with Gasteiger partial charge >= 0.3 is 6.18 Å². The first-order chi connectivity index (χ1) is 16.6. The molecule has 3 aliphatic carbocycles. The van der Waals surface area contributed by atoms with Crippen LogP contribution in [0.5, 0.6) is 0 Å². The zero-order valence-corrected chi connectivity index (χ0v) is 21.5. The van der Waals surface area contributed by atoms with E-state index in [2.05, 4.69) is 4.90 Å². The summed E-state index contributed by atoms with van der Waals surface area (Å²) in [6.45, 7) is 1.19. The van der Waals surface area contributed by atoms with Crippen molar-refractivity contribution in [3.63, 3.8) is 0 Å². The molecule has 3 saturated carbocycles. The predicted molar refractivity (Wildman–Crippen MR) is 131 cm³/mol. The molecule has 3 aliphatic rings. The van der Waals surface area contributed by atoms with Crippen LogP contribution in [0.2, 0.25) is 0 Å². The van der Waals surface area contributed by atoms with Crippen molar-refractivity contribution in [2.45, 2.75) is 107 Å². The second-order valence-corrected chi connectivity index (χ2v) is 11.3. The Morgan fingerprint density at radius 2 is 1.58 bits per heavy atom. The van der Waals surface area contributed by atoms with E-state index in [1.54, 1.807) is 12.1 Å². The van der Waals surface area contributed by atoms with Crippen molar-refractivity contribution >= 4 is 5.97 Å². The summed E-state index contributed by atoms with van der Waals surface area (Å²) in [5, 5.41) is 11.3. The van der Waals surface area contributed by atoms with Crippen molar-refractivity contribution in [2.24, 2.45) is 11.8 Å². The van der Waals surface area contributed by atoms with Gasteiger partial charge in [-0.25, -0.2) is 4.39 Å². The lowest BCUT2D eigenvalue weighted by molar-refractivity contribution is -0.307. The van der Waals surface area contributed by atoms with Crippen LogP contribution in [-0.4, -0.2) is 35.7 Å². The molecule has 1 aromatic carbocycles. The van der Waals surface area contributed by atoms with Crippen molar-refractivity contribution in [1.29, 1.82) is 0 Å². The first-order valence-electron chi connectivity index (χ1n) is 13.4. The Hall–Kier alpha value is -1.67. The molecule has 0 aromatic heterocycles. The number of carbonyl (C=O) groups excluding carboxylic acids is 1. The predicted octanol–water partition coefficient (Wildman–Crippen LogP) is 6.64. The van der Waals surface area contributed by atoms with E-state index in [-0.39, 0.29) is 30.4 Å². The highest BCUT2D eigenvalue weighted by Crippen LogP contribution is 2.44. The second-order valence-electron chi connectivity index (χ2n) is 11.3. The number of rotatable bonds is 8. The van der Waals surface area contributed by atoms with E-state index >= 15 is 4.39 Å². The molecule has 0 spiro atoms. The Bertz CT molecular complexity index is 833. The molecule has 4 rings (SSSR count). The average molecular weight is 515 g/mol. The molecule has 0 amide bonds. The molecule has 0 saturated heterocycles. The molecule has 0 unspecified atom stereocenters. The van der Waals surface area contributed by atoms with Gasteiger partial charge in [-0.1, -0.05) is 44.2 Å². The highest BCUT2D eigenvalue weighted by atomic mass is 19.4. The smallest absolute Gasteiger partial charge is 0.416 e. The van der Waals surface area contributed by atoms with Crippen molar-refractivity contribution in [3.05, 3.63) is 35.4 Å². The van der Waals surface area contributed by atoms with E-state index in [0.717, 1.165) is 69.2 Å². The topological polar surface area (TPSA) is 79.9 Å². The quantitative estimate of drug-likeness (QED) is 0.395. The number of alkyl halides is 4. The normalized spacial score (nSPS) is 27.1. The molecule has 0 heterocycles. The SMILES string of the molecule is O=C([O-])C[C@@H]1CC[C@@H](N(CC2CCCC2)CC2(F)CCCCC2)[C@H](c2ccc(C(F)(F)F)cc2)C1.[NH4+]. The van der Waals surface area contributed by atoms with Gasteiger partial charge in [-0.3, -0.25) is 4.90 Å². The third kappa shape index (κ3) is 7.44. The van der Waals surface area contributed by atoms with Gasteiger partial charge in [-0.2, -0.15) is 13.2 Å². The monoisotopic (exact) mass is 514 g/mol. The molecule has 4 nitrogen and oxygen atoms in total. The number of hydrogen-bond donors (Lipinski definition) is 1. The number of quaternary nitrogens is 1. The Kier molecular flexibility index (Phi) is 9.83. The van der Waals surface area contributed by atoms with E-state index in [1.807, 2.05) is 0 Å². The summed E-state index contributed by atoms with van der Waals surface area (Å²) in [5.74, 6) is -0.765. The minimum absolute atomic E-state index is 0. The van der Waals surface area contributed by atoms with Crippen LogP contribution in [0.4, 0.5) is 17.6 Å². The summed E-state index contributed by atoms with van der Waals surface area (Å²) >= 11 is 0. The summed E-state index contributed by atoms with van der Waals surface area (Å²) in [7, 11) is 0. The molecule has 0 radical (unpaired) electrons. The lowest BCUT2D eigenvalue weighted by Gasteiger charge is -2.46. The van der Waals surface area contributed by atoms with Crippen LogP contribution in [-0.2, 0) is 11.0 Å². The Balaban J connectivity index is 0.00000361. The first-order valence-corrected chi connectivity index (χ1v) is 13.4. The Morgan fingerprint density at radius 3 is 2.17 bits per heavy atom. The first kappa shape index (κ1) is 28.9. The summed E-state index contributed by atoms with van der Waals surface area (Å²) in [4.78, 5) is 13.6. The maximum Gasteiger partial charge on any atom is 0.416 e. The van der Waals surface area contributed by atoms with Crippen molar-refractivity contribution in [1.82, 2.24) is 11.1 Å². The van der Waals surface area contributed by atoms with Crippen LogP contribution in [0.3, 0.4) is 0 Å². The van der Waals surface area contributed by atoms with E-state index in [1.165, 1.54) is 12.8 Å². The van der Waals surface area contributed by atoms with Crippen LogP contribution < -0.4 is 11.3 Å². The molecule has 8 heteroatoms. The number of carboxylic acid groups (broad SMARTS) is 1. The third-order valence-corrected chi connectivity index (χ3v) is 8.72. The summed E-state index contributed by atoms with van der Waals surface area (Å²) in [6, 6.07) is 5.32. The maximum atomic E-state index is 16.0. The van der Waals surface area contributed by atoms with Crippen molar-refractivity contribution in [3.8, 4) is 0 Å². The van der Waals surface area contributed by atoms with Gasteiger partial charge in [-0.05, 0) is 86.8 Å². The Morgan fingerprint density at radius 1 is 0.944 bits per heavy atom. The lowest BCUT2D eigenvalue weighted by Crippen LogP contribution is -2.51. The molecule has 4 N–H and O–H groups in total. The van der Waals surface area contributed by atoms with Crippen LogP contribution in [0.15, 0.2) is 24.3 Å². The third-order valence-electron chi connectivity index (χ3n) is 8.72. The zero-order chi connectivity index (χ0) is 25.1. The second kappa shape index (κ2) is 12.2. The molecule has 36 heavy (non-hydrogen) atoms. The average Bonchev–Trinajstić information content (AvgIpc) is 3.31.